The molecule has 0 aliphatic heterocycles. The van der Waals surface area contributed by atoms with Crippen LogP contribution >= 0.6 is 0 Å². The van der Waals surface area contributed by atoms with Crippen LogP contribution < -0.4 is 10.5 Å². The molecule has 0 atom stereocenters. The summed E-state index contributed by atoms with van der Waals surface area (Å²) in [5.41, 5.74) is 6.10. The van der Waals surface area contributed by atoms with Gasteiger partial charge in [0.15, 0.2) is 12.4 Å². The molecule has 0 saturated heterocycles. The molecule has 0 fully saturated rings. The second kappa shape index (κ2) is 7.22. The Morgan fingerprint density at radius 2 is 2.00 bits per heavy atom. The van der Waals surface area contributed by atoms with Crippen molar-refractivity contribution in [3.05, 3.63) is 29.8 Å². The van der Waals surface area contributed by atoms with Crippen molar-refractivity contribution in [2.24, 2.45) is 11.1 Å². The van der Waals surface area contributed by atoms with Crippen LogP contribution in [0.5, 0.6) is 5.75 Å². The molecule has 0 spiro atoms. The van der Waals surface area contributed by atoms with Crippen LogP contribution in [0.1, 0.15) is 31.1 Å². The zero-order valence-electron chi connectivity index (χ0n) is 13.2. The maximum Gasteiger partial charge on any atom is 0.260 e. The van der Waals surface area contributed by atoms with E-state index in [4.69, 9.17) is 10.5 Å². The first-order chi connectivity index (χ1) is 9.75. The molecule has 0 aliphatic carbocycles. The van der Waals surface area contributed by atoms with Gasteiger partial charge in [-0.25, -0.2) is 0 Å². The van der Waals surface area contributed by atoms with Gasteiger partial charge in [-0.3, -0.25) is 9.59 Å². The van der Waals surface area contributed by atoms with Gasteiger partial charge in [-0.1, -0.05) is 26.0 Å². The van der Waals surface area contributed by atoms with Crippen molar-refractivity contribution < 1.29 is 14.3 Å². The molecule has 0 heterocycles. The summed E-state index contributed by atoms with van der Waals surface area (Å²) in [6.45, 7) is 6.53. The van der Waals surface area contributed by atoms with E-state index < -0.39 is 0 Å². The largest absolute Gasteiger partial charge is 0.484 e. The smallest absolute Gasteiger partial charge is 0.260 e. The number of likely N-dealkylation sites (N-methyl/N-ethyl adjacent to an activating group) is 1. The van der Waals surface area contributed by atoms with E-state index in [0.29, 0.717) is 24.4 Å². The van der Waals surface area contributed by atoms with Gasteiger partial charge in [-0.2, -0.15) is 0 Å². The summed E-state index contributed by atoms with van der Waals surface area (Å²) in [4.78, 5) is 24.9. The first kappa shape index (κ1) is 17.2. The monoisotopic (exact) mass is 292 g/mol. The van der Waals surface area contributed by atoms with E-state index in [9.17, 15) is 9.59 Å². The molecule has 2 N–H and O–H groups in total. The summed E-state index contributed by atoms with van der Waals surface area (Å²) in [5, 5.41) is 0. The molecule has 116 valence electrons. The number of carbonyl (C=O) groups excluding carboxylic acids is 2. The summed E-state index contributed by atoms with van der Waals surface area (Å²) in [5.74, 6) is 0.362. The predicted molar refractivity (Wildman–Crippen MR) is 82.4 cm³/mol. The third-order valence-corrected chi connectivity index (χ3v) is 3.25. The number of ketones is 1. The minimum Gasteiger partial charge on any atom is -0.484 e. The third-order valence-electron chi connectivity index (χ3n) is 3.25. The van der Waals surface area contributed by atoms with Crippen molar-refractivity contribution in [3.8, 4) is 5.75 Å². The molecule has 0 aromatic heterocycles. The SMILES string of the molecule is CC(=O)c1cccc(OCC(=O)N(C)CC(C)(C)CN)c1. The molecule has 0 aliphatic rings. The van der Waals surface area contributed by atoms with E-state index in [1.54, 1.807) is 36.2 Å². The van der Waals surface area contributed by atoms with E-state index >= 15 is 0 Å². The van der Waals surface area contributed by atoms with Crippen LogP contribution in [0, 0.1) is 5.41 Å². The van der Waals surface area contributed by atoms with Gasteiger partial charge < -0.3 is 15.4 Å². The first-order valence-corrected chi connectivity index (χ1v) is 6.93. The number of rotatable bonds is 7. The van der Waals surface area contributed by atoms with E-state index in [-0.39, 0.29) is 23.7 Å². The first-order valence-electron chi connectivity index (χ1n) is 6.93. The normalized spacial score (nSPS) is 11.1. The Balaban J connectivity index is 2.56. The van der Waals surface area contributed by atoms with Crippen LogP contribution in [0.3, 0.4) is 0 Å². The van der Waals surface area contributed by atoms with Crippen molar-refractivity contribution >= 4 is 11.7 Å². The van der Waals surface area contributed by atoms with Gasteiger partial charge in [0, 0.05) is 19.2 Å². The molecule has 21 heavy (non-hydrogen) atoms. The molecule has 0 saturated carbocycles. The third kappa shape index (κ3) is 5.55. The highest BCUT2D eigenvalue weighted by Gasteiger charge is 2.21. The van der Waals surface area contributed by atoms with Crippen LogP contribution in [0.25, 0.3) is 0 Å². The standard InChI is InChI=1S/C16H24N2O3/c1-12(19)13-6-5-7-14(8-13)21-9-15(20)18(4)11-16(2,3)10-17/h5-8H,9-11,17H2,1-4H3. The Morgan fingerprint density at radius 3 is 2.57 bits per heavy atom. The highest BCUT2D eigenvalue weighted by atomic mass is 16.5. The Morgan fingerprint density at radius 1 is 1.33 bits per heavy atom. The molecular formula is C16H24N2O3. The van der Waals surface area contributed by atoms with Crippen molar-refractivity contribution in [3.63, 3.8) is 0 Å². The molecule has 1 amide bonds. The fourth-order valence-corrected chi connectivity index (χ4v) is 1.85. The van der Waals surface area contributed by atoms with Crippen molar-refractivity contribution in [2.45, 2.75) is 20.8 Å². The van der Waals surface area contributed by atoms with Gasteiger partial charge >= 0.3 is 0 Å². The fraction of sp³-hybridized carbons (Fsp3) is 0.500. The highest BCUT2D eigenvalue weighted by molar-refractivity contribution is 5.94. The predicted octanol–water partition coefficient (Wildman–Crippen LogP) is 1.71. The number of nitrogens with zero attached hydrogens (tertiary/aromatic N) is 1. The quantitative estimate of drug-likeness (QED) is 0.777. The van der Waals surface area contributed by atoms with Crippen LogP contribution in [0.15, 0.2) is 24.3 Å². The van der Waals surface area contributed by atoms with Crippen molar-refractivity contribution in [2.75, 3.05) is 26.7 Å². The maximum absolute atomic E-state index is 12.0. The lowest BCUT2D eigenvalue weighted by Crippen LogP contribution is -2.41. The number of ether oxygens (including phenoxy) is 1. The topological polar surface area (TPSA) is 72.6 Å². The molecule has 5 nitrogen and oxygen atoms in total. The van der Waals surface area contributed by atoms with Gasteiger partial charge in [-0.15, -0.1) is 0 Å². The average molecular weight is 292 g/mol. The number of nitrogens with two attached hydrogens (primary N) is 1. The Bertz CT molecular complexity index is 512. The van der Waals surface area contributed by atoms with Gasteiger partial charge in [0.25, 0.3) is 5.91 Å². The number of amides is 1. The van der Waals surface area contributed by atoms with Gasteiger partial charge in [0.05, 0.1) is 0 Å². The molecule has 0 unspecified atom stereocenters. The van der Waals surface area contributed by atoms with E-state index in [1.807, 2.05) is 13.8 Å². The Labute approximate surface area is 126 Å². The summed E-state index contributed by atoms with van der Waals surface area (Å²) in [6, 6.07) is 6.81. The number of Topliss-reactive ketones (excluding diaryl/α,β-unsaturated/α-hetero) is 1. The highest BCUT2D eigenvalue weighted by Crippen LogP contribution is 2.16. The van der Waals surface area contributed by atoms with Crippen LogP contribution in [0.4, 0.5) is 0 Å². The van der Waals surface area contributed by atoms with Crippen molar-refractivity contribution in [1.29, 1.82) is 0 Å². The number of benzene rings is 1. The van der Waals surface area contributed by atoms with E-state index in [2.05, 4.69) is 0 Å². The number of carbonyl (C=O) groups is 2. The Kier molecular flexibility index (Phi) is 5.90. The number of hydrogen-bond donors (Lipinski definition) is 1. The molecule has 0 radical (unpaired) electrons. The summed E-state index contributed by atoms with van der Waals surface area (Å²) >= 11 is 0. The summed E-state index contributed by atoms with van der Waals surface area (Å²) < 4.78 is 5.45. The Hall–Kier alpha value is -1.88. The number of hydrogen-bond acceptors (Lipinski definition) is 4. The molecule has 5 heteroatoms. The second-order valence-corrected chi connectivity index (χ2v) is 5.99. The fourth-order valence-electron chi connectivity index (χ4n) is 1.85. The van der Waals surface area contributed by atoms with Crippen LogP contribution in [0.2, 0.25) is 0 Å². The zero-order chi connectivity index (χ0) is 16.0. The van der Waals surface area contributed by atoms with Crippen molar-refractivity contribution in [1.82, 2.24) is 4.90 Å². The molecular weight excluding hydrogens is 268 g/mol. The van der Waals surface area contributed by atoms with Gasteiger partial charge in [-0.05, 0) is 31.0 Å². The summed E-state index contributed by atoms with van der Waals surface area (Å²) in [6.07, 6.45) is 0. The lowest BCUT2D eigenvalue weighted by Gasteiger charge is -2.29. The maximum atomic E-state index is 12.0. The lowest BCUT2D eigenvalue weighted by atomic mass is 9.93. The molecule has 1 aromatic rings. The average Bonchev–Trinajstić information content (AvgIpc) is 2.44. The lowest BCUT2D eigenvalue weighted by molar-refractivity contribution is -0.133. The summed E-state index contributed by atoms with van der Waals surface area (Å²) in [7, 11) is 1.73. The molecule has 0 bridgehead atoms. The zero-order valence-corrected chi connectivity index (χ0v) is 13.2. The minimum atomic E-state index is -0.126. The minimum absolute atomic E-state index is 0.0337. The van der Waals surface area contributed by atoms with Gasteiger partial charge in [0.2, 0.25) is 0 Å². The second-order valence-electron chi connectivity index (χ2n) is 5.99. The van der Waals surface area contributed by atoms with Crippen LogP contribution in [-0.2, 0) is 4.79 Å². The van der Waals surface area contributed by atoms with E-state index in [0.717, 1.165) is 0 Å². The molecule has 1 rings (SSSR count). The molecule has 1 aromatic carbocycles. The van der Waals surface area contributed by atoms with Gasteiger partial charge in [0.1, 0.15) is 5.75 Å². The van der Waals surface area contributed by atoms with Crippen LogP contribution in [-0.4, -0.2) is 43.3 Å². The van der Waals surface area contributed by atoms with E-state index in [1.165, 1.54) is 6.92 Å².